The van der Waals surface area contributed by atoms with Crippen LogP contribution in [0.2, 0.25) is 0 Å². The summed E-state index contributed by atoms with van der Waals surface area (Å²) in [7, 11) is 0. The lowest BCUT2D eigenvalue weighted by Gasteiger charge is -2.18. The number of hydrogen-bond donors (Lipinski definition) is 3. The molecular formula is C12H29N5O2. The molecule has 0 unspecified atom stereocenters. The second-order valence-electron chi connectivity index (χ2n) is 5.08. The molecule has 0 saturated heterocycles. The van der Waals surface area contributed by atoms with E-state index >= 15 is 0 Å². The van der Waals surface area contributed by atoms with Crippen molar-refractivity contribution in [3.05, 3.63) is 5.21 Å². The molecule has 114 valence electrons. The zero-order valence-electron chi connectivity index (χ0n) is 12.2. The Kier molecular flexibility index (Phi) is 11.3. The molecule has 0 aromatic carbocycles. The monoisotopic (exact) mass is 275 g/mol. The molecule has 0 aromatic heterocycles. The van der Waals surface area contributed by atoms with Crippen molar-refractivity contribution in [1.82, 2.24) is 10.3 Å². The molecule has 0 bridgehead atoms. The summed E-state index contributed by atoms with van der Waals surface area (Å²) >= 11 is 0. The van der Waals surface area contributed by atoms with Crippen molar-refractivity contribution < 1.29 is 10.2 Å². The van der Waals surface area contributed by atoms with Gasteiger partial charge in [-0.1, -0.05) is 13.8 Å². The molecule has 0 spiro atoms. The van der Waals surface area contributed by atoms with Gasteiger partial charge in [-0.15, -0.1) is 5.01 Å². The Labute approximate surface area is 116 Å². The van der Waals surface area contributed by atoms with Crippen LogP contribution in [0.1, 0.15) is 39.5 Å². The molecule has 0 saturated carbocycles. The minimum atomic E-state index is 0.278. The van der Waals surface area contributed by atoms with Gasteiger partial charge in [0.15, 0.2) is 0 Å². The summed E-state index contributed by atoms with van der Waals surface area (Å²) in [6.45, 7) is 7.92. The Balaban J connectivity index is 3.81. The van der Waals surface area contributed by atoms with Gasteiger partial charge < -0.3 is 21.5 Å². The Hall–Kier alpha value is -1.08. The van der Waals surface area contributed by atoms with Crippen LogP contribution in [-0.4, -0.2) is 47.9 Å². The minimum Gasteiger partial charge on any atom is -0.569 e. The van der Waals surface area contributed by atoms with Gasteiger partial charge in [-0.25, -0.2) is 0 Å². The normalized spacial score (nSPS) is 12.1. The van der Waals surface area contributed by atoms with E-state index in [0.29, 0.717) is 25.6 Å². The van der Waals surface area contributed by atoms with Crippen molar-refractivity contribution in [2.45, 2.75) is 39.5 Å². The molecule has 0 aliphatic carbocycles. The summed E-state index contributed by atoms with van der Waals surface area (Å²) in [6, 6.07) is 0. The Bertz CT molecular complexity index is 236. The molecule has 0 fully saturated rings. The maximum Gasteiger partial charge on any atom is 0.230 e. The van der Waals surface area contributed by atoms with Crippen LogP contribution in [0.4, 0.5) is 0 Å². The van der Waals surface area contributed by atoms with Gasteiger partial charge in [-0.3, -0.25) is 0 Å². The van der Waals surface area contributed by atoms with E-state index in [2.05, 4.69) is 24.4 Å². The van der Waals surface area contributed by atoms with Crippen LogP contribution >= 0.6 is 0 Å². The van der Waals surface area contributed by atoms with E-state index < -0.39 is 0 Å². The maximum absolute atomic E-state index is 11.3. The lowest BCUT2D eigenvalue weighted by atomic mass is 10.1. The summed E-state index contributed by atoms with van der Waals surface area (Å²) in [4.78, 5) is 0.278. The predicted octanol–water partition coefficient (Wildman–Crippen LogP) is 1.32. The quantitative estimate of drug-likeness (QED) is 0.216. The second kappa shape index (κ2) is 12.0. The summed E-state index contributed by atoms with van der Waals surface area (Å²) in [6.07, 6.45) is 3.77. The third-order valence-corrected chi connectivity index (χ3v) is 2.84. The van der Waals surface area contributed by atoms with Crippen LogP contribution < -0.4 is 11.1 Å². The van der Waals surface area contributed by atoms with E-state index in [1.54, 1.807) is 0 Å². The van der Waals surface area contributed by atoms with E-state index in [9.17, 15) is 5.21 Å². The van der Waals surface area contributed by atoms with Gasteiger partial charge in [0.1, 0.15) is 0 Å². The van der Waals surface area contributed by atoms with E-state index in [0.717, 1.165) is 38.8 Å². The predicted molar refractivity (Wildman–Crippen MR) is 74.6 cm³/mol. The smallest absolute Gasteiger partial charge is 0.230 e. The fourth-order valence-electron chi connectivity index (χ4n) is 1.76. The first-order chi connectivity index (χ1) is 9.11. The molecule has 19 heavy (non-hydrogen) atoms. The number of rotatable bonds is 12. The molecule has 7 heteroatoms. The average molecular weight is 275 g/mol. The van der Waals surface area contributed by atoms with Crippen molar-refractivity contribution >= 4 is 0 Å². The van der Waals surface area contributed by atoms with Gasteiger partial charge >= 0.3 is 0 Å². The molecule has 0 aliphatic rings. The highest BCUT2D eigenvalue weighted by atomic mass is 16.6. The SMILES string of the molecule is CC(C)CCCN(CCCNCCCN)/[N+]([O-])=N/O. The summed E-state index contributed by atoms with van der Waals surface area (Å²) in [5, 5.41) is 27.4. The number of nitrogens with zero attached hydrogens (tertiary/aromatic N) is 3. The molecule has 0 amide bonds. The van der Waals surface area contributed by atoms with Crippen LogP contribution in [0.15, 0.2) is 5.28 Å². The zero-order chi connectivity index (χ0) is 14.5. The number of hydrazine groups is 1. The lowest BCUT2D eigenvalue weighted by Crippen LogP contribution is -2.34. The molecule has 0 atom stereocenters. The topological polar surface area (TPSA) is 100.0 Å². The molecule has 0 radical (unpaired) electrons. The molecule has 7 nitrogen and oxygen atoms in total. The number of nitrogens with two attached hydrogens (primary N) is 1. The van der Waals surface area contributed by atoms with Crippen molar-refractivity contribution in [1.29, 1.82) is 0 Å². The van der Waals surface area contributed by atoms with Crippen molar-refractivity contribution in [2.24, 2.45) is 16.9 Å². The standard InChI is InChI=1S/C12H29N5O2/c1-12(2)6-3-10-16(17(19)15-18)11-5-9-14-8-4-7-13/h12,14,18H,3-11,13H2,1-2H3/b17-15-. The molecule has 0 aliphatic heterocycles. The van der Waals surface area contributed by atoms with Gasteiger partial charge in [0, 0.05) is 0 Å². The first-order valence-corrected chi connectivity index (χ1v) is 7.09. The highest BCUT2D eigenvalue weighted by Gasteiger charge is 2.12. The number of nitrogens with one attached hydrogen (secondary N) is 1. The zero-order valence-corrected chi connectivity index (χ0v) is 12.2. The summed E-state index contributed by atoms with van der Waals surface area (Å²) in [5.74, 6) is 0.617. The van der Waals surface area contributed by atoms with Crippen LogP contribution in [0, 0.1) is 11.1 Å². The highest BCUT2D eigenvalue weighted by Crippen LogP contribution is 2.05. The fourth-order valence-corrected chi connectivity index (χ4v) is 1.76. The fraction of sp³-hybridized carbons (Fsp3) is 1.00. The van der Waals surface area contributed by atoms with E-state index in [-0.39, 0.29) is 4.97 Å². The second-order valence-corrected chi connectivity index (χ2v) is 5.08. The lowest BCUT2D eigenvalue weighted by molar-refractivity contribution is -0.709. The molecule has 0 rings (SSSR count). The van der Waals surface area contributed by atoms with Crippen LogP contribution in [0.25, 0.3) is 0 Å². The maximum atomic E-state index is 11.3. The van der Waals surface area contributed by atoms with Crippen LogP contribution in [-0.2, 0) is 0 Å². The molecule has 0 heterocycles. The van der Waals surface area contributed by atoms with Crippen LogP contribution in [0.3, 0.4) is 0 Å². The molecular weight excluding hydrogens is 246 g/mol. The Morgan fingerprint density at radius 1 is 1.26 bits per heavy atom. The van der Waals surface area contributed by atoms with Crippen molar-refractivity contribution in [3.8, 4) is 0 Å². The summed E-state index contributed by atoms with van der Waals surface area (Å²) < 4.78 is 0. The molecule has 0 aromatic rings. The Morgan fingerprint density at radius 3 is 2.47 bits per heavy atom. The van der Waals surface area contributed by atoms with Gasteiger partial charge in [0.25, 0.3) is 0 Å². The Morgan fingerprint density at radius 2 is 1.89 bits per heavy atom. The van der Waals surface area contributed by atoms with E-state index in [1.807, 2.05) is 0 Å². The van der Waals surface area contributed by atoms with E-state index in [1.165, 1.54) is 5.01 Å². The minimum absolute atomic E-state index is 0.278. The van der Waals surface area contributed by atoms with Gasteiger partial charge in [0.05, 0.1) is 18.1 Å². The average Bonchev–Trinajstić information content (AvgIpc) is 2.39. The first-order valence-electron chi connectivity index (χ1n) is 7.09. The first kappa shape index (κ1) is 17.9. The summed E-state index contributed by atoms with van der Waals surface area (Å²) in [5.41, 5.74) is 5.39. The largest absolute Gasteiger partial charge is 0.569 e. The van der Waals surface area contributed by atoms with Crippen LogP contribution in [0.5, 0.6) is 0 Å². The highest BCUT2D eigenvalue weighted by molar-refractivity contribution is 4.54. The third-order valence-electron chi connectivity index (χ3n) is 2.84. The molecule has 4 N–H and O–H groups in total. The van der Waals surface area contributed by atoms with Gasteiger partial charge in [-0.2, -0.15) is 0 Å². The van der Waals surface area contributed by atoms with Gasteiger partial charge in [-0.05, 0) is 51.2 Å². The third kappa shape index (κ3) is 10.5. The van der Waals surface area contributed by atoms with Gasteiger partial charge in [0.2, 0.25) is 5.28 Å². The van der Waals surface area contributed by atoms with E-state index in [4.69, 9.17) is 10.9 Å². The number of hydrogen-bond acceptors (Lipinski definition) is 4. The van der Waals surface area contributed by atoms with Crippen molar-refractivity contribution in [3.63, 3.8) is 0 Å². The van der Waals surface area contributed by atoms with Crippen molar-refractivity contribution in [2.75, 3.05) is 32.7 Å².